The van der Waals surface area contributed by atoms with Gasteiger partial charge in [0, 0.05) is 5.75 Å². The van der Waals surface area contributed by atoms with Crippen LogP contribution in [0.15, 0.2) is 44.8 Å². The first kappa shape index (κ1) is 16.3. The Morgan fingerprint density at radius 3 is 2.19 bits per heavy atom. The fourth-order valence-corrected chi connectivity index (χ4v) is 4.45. The molecule has 1 aromatic heterocycles. The van der Waals surface area contributed by atoms with Gasteiger partial charge in [0.25, 0.3) is 0 Å². The second-order valence-electron chi connectivity index (χ2n) is 4.10. The maximum atomic E-state index is 12.4. The van der Waals surface area contributed by atoms with Gasteiger partial charge < -0.3 is 0 Å². The molecule has 0 aliphatic heterocycles. The summed E-state index contributed by atoms with van der Waals surface area (Å²) in [4.78, 5) is 0. The summed E-state index contributed by atoms with van der Waals surface area (Å²) >= 11 is 2.38. The van der Waals surface area contributed by atoms with E-state index in [2.05, 4.69) is 0 Å². The smallest absolute Gasteiger partial charge is 0.224 e. The van der Waals surface area contributed by atoms with Crippen LogP contribution in [-0.2, 0) is 22.0 Å². The maximum absolute atomic E-state index is 12.4. The van der Waals surface area contributed by atoms with E-state index in [9.17, 15) is 21.6 Å². The van der Waals surface area contributed by atoms with Crippen molar-refractivity contribution in [2.24, 2.45) is 5.14 Å². The predicted molar refractivity (Wildman–Crippen MR) is 76.7 cm³/mol. The Balaban J connectivity index is 2.02. The molecule has 114 valence electrons. The molecule has 0 unspecified atom stereocenters. The third kappa shape index (κ3) is 4.47. The second-order valence-corrected chi connectivity index (χ2v) is 8.25. The number of thioether (sulfide) groups is 1. The number of sulfonamides is 1. The topological polar surface area (TPSA) is 60.2 Å². The number of rotatable bonds is 4. The highest BCUT2D eigenvalue weighted by atomic mass is 32.3. The van der Waals surface area contributed by atoms with Crippen molar-refractivity contribution in [1.82, 2.24) is 0 Å². The molecule has 0 saturated carbocycles. The number of hydrogen-bond acceptors (Lipinski definition) is 4. The lowest BCUT2D eigenvalue weighted by molar-refractivity contribution is -0.137. The minimum atomic E-state index is -4.34. The summed E-state index contributed by atoms with van der Waals surface area (Å²) in [5.41, 5.74) is 0.0300. The van der Waals surface area contributed by atoms with Gasteiger partial charge in [-0.25, -0.2) is 13.6 Å². The van der Waals surface area contributed by atoms with Crippen LogP contribution in [0.5, 0.6) is 0 Å². The molecule has 0 fully saturated rings. The monoisotopic (exact) mass is 353 g/mol. The number of alkyl halides is 3. The number of primary sulfonamides is 1. The Hall–Kier alpha value is -1.03. The van der Waals surface area contributed by atoms with E-state index in [4.69, 9.17) is 5.14 Å². The third-order valence-corrected chi connectivity index (χ3v) is 6.32. The van der Waals surface area contributed by atoms with Gasteiger partial charge >= 0.3 is 6.18 Å². The number of halogens is 3. The fourth-order valence-electron chi connectivity index (χ4n) is 1.48. The molecular formula is C12H10F3NO2S3. The van der Waals surface area contributed by atoms with Gasteiger partial charge in [-0.05, 0) is 29.8 Å². The lowest BCUT2D eigenvalue weighted by Crippen LogP contribution is -2.09. The summed E-state index contributed by atoms with van der Waals surface area (Å²) < 4.78 is 60.3. The third-order valence-electron chi connectivity index (χ3n) is 2.50. The van der Waals surface area contributed by atoms with Crippen molar-refractivity contribution < 1.29 is 21.6 Å². The van der Waals surface area contributed by atoms with Crippen molar-refractivity contribution in [2.45, 2.75) is 20.3 Å². The van der Waals surface area contributed by atoms with Gasteiger partial charge in [-0.2, -0.15) is 13.2 Å². The van der Waals surface area contributed by atoms with Gasteiger partial charge in [0.15, 0.2) is 0 Å². The first-order chi connectivity index (χ1) is 9.66. The Morgan fingerprint density at radius 2 is 1.71 bits per heavy atom. The molecule has 21 heavy (non-hydrogen) atoms. The van der Waals surface area contributed by atoms with Crippen molar-refractivity contribution in [3.8, 4) is 0 Å². The molecular weight excluding hydrogens is 343 g/mol. The van der Waals surface area contributed by atoms with Crippen molar-refractivity contribution in [3.05, 3.63) is 47.5 Å². The standard InChI is InChI=1S/C12H10F3NO2S3/c13-12(14,15)9-3-1-8(2-4-9)7-19-10-5-6-11(20-10)21(16,17)18/h1-6H,7H2,(H2,16,17,18). The molecule has 0 spiro atoms. The van der Waals surface area contributed by atoms with Crippen molar-refractivity contribution in [3.63, 3.8) is 0 Å². The molecule has 1 heterocycles. The first-order valence-corrected chi connectivity index (χ1v) is 8.93. The van der Waals surface area contributed by atoms with Crippen LogP contribution in [-0.4, -0.2) is 8.42 Å². The summed E-state index contributed by atoms with van der Waals surface area (Å²) in [5, 5.41) is 5.00. The highest BCUT2D eigenvalue weighted by Gasteiger charge is 2.29. The number of nitrogens with two attached hydrogens (primary N) is 1. The van der Waals surface area contributed by atoms with Crippen LogP contribution in [0.4, 0.5) is 13.2 Å². The molecule has 2 rings (SSSR count). The van der Waals surface area contributed by atoms with E-state index in [-0.39, 0.29) is 4.21 Å². The van der Waals surface area contributed by atoms with Gasteiger partial charge in [0.05, 0.1) is 9.77 Å². The average Bonchev–Trinajstić information content (AvgIpc) is 2.84. The van der Waals surface area contributed by atoms with Crippen LogP contribution in [0.3, 0.4) is 0 Å². The van der Waals surface area contributed by atoms with Crippen LogP contribution in [0, 0.1) is 0 Å². The average molecular weight is 353 g/mol. The predicted octanol–water partition coefficient (Wildman–Crippen LogP) is 3.71. The van der Waals surface area contributed by atoms with Crippen LogP contribution < -0.4 is 5.14 Å². The molecule has 1 aromatic carbocycles. The van der Waals surface area contributed by atoms with E-state index >= 15 is 0 Å². The lowest BCUT2D eigenvalue weighted by Gasteiger charge is -2.07. The molecule has 2 aromatic rings. The van der Waals surface area contributed by atoms with Gasteiger partial charge in [-0.3, -0.25) is 0 Å². The van der Waals surface area contributed by atoms with E-state index in [1.807, 2.05) is 0 Å². The lowest BCUT2D eigenvalue weighted by atomic mass is 10.1. The molecule has 0 bridgehead atoms. The zero-order chi connectivity index (χ0) is 15.7. The largest absolute Gasteiger partial charge is 0.416 e. The zero-order valence-electron chi connectivity index (χ0n) is 10.4. The highest BCUT2D eigenvalue weighted by molar-refractivity contribution is 8.00. The minimum absolute atomic E-state index is 0.0671. The van der Waals surface area contributed by atoms with Crippen molar-refractivity contribution in [1.29, 1.82) is 0 Å². The zero-order valence-corrected chi connectivity index (χ0v) is 12.9. The fraction of sp³-hybridized carbons (Fsp3) is 0.167. The normalized spacial score (nSPS) is 12.6. The number of hydrogen-bond donors (Lipinski definition) is 1. The van der Waals surface area contributed by atoms with Gasteiger partial charge in [-0.15, -0.1) is 23.1 Å². The molecule has 0 radical (unpaired) electrons. The molecule has 0 saturated heterocycles. The highest BCUT2D eigenvalue weighted by Crippen LogP contribution is 2.33. The number of thiophene rings is 1. The molecule has 2 N–H and O–H groups in total. The molecule has 9 heteroatoms. The molecule has 3 nitrogen and oxygen atoms in total. The summed E-state index contributed by atoms with van der Waals surface area (Å²) in [6.45, 7) is 0. The van der Waals surface area contributed by atoms with Crippen LogP contribution in [0.1, 0.15) is 11.1 Å². The Kier molecular flexibility index (Phi) is 4.66. The van der Waals surface area contributed by atoms with Crippen LogP contribution in [0.25, 0.3) is 0 Å². The Bertz CT molecular complexity index is 721. The SMILES string of the molecule is NS(=O)(=O)c1ccc(SCc2ccc(C(F)(F)F)cc2)s1. The summed E-state index contributed by atoms with van der Waals surface area (Å²) in [6, 6.07) is 7.91. The van der Waals surface area contributed by atoms with E-state index < -0.39 is 21.8 Å². The van der Waals surface area contributed by atoms with Crippen LogP contribution >= 0.6 is 23.1 Å². The van der Waals surface area contributed by atoms with E-state index in [1.54, 1.807) is 6.07 Å². The van der Waals surface area contributed by atoms with Crippen molar-refractivity contribution >= 4 is 33.1 Å². The summed E-state index contributed by atoms with van der Waals surface area (Å²) in [5.74, 6) is 0.447. The first-order valence-electron chi connectivity index (χ1n) is 5.58. The van der Waals surface area contributed by atoms with Gasteiger partial charge in [0.1, 0.15) is 4.21 Å². The Morgan fingerprint density at radius 1 is 1.10 bits per heavy atom. The van der Waals surface area contributed by atoms with Gasteiger partial charge in [-0.1, -0.05) is 12.1 Å². The van der Waals surface area contributed by atoms with E-state index in [0.29, 0.717) is 5.75 Å². The van der Waals surface area contributed by atoms with Gasteiger partial charge in [0.2, 0.25) is 10.0 Å². The summed E-state index contributed by atoms with van der Waals surface area (Å²) in [7, 11) is -3.71. The summed E-state index contributed by atoms with van der Waals surface area (Å²) in [6.07, 6.45) is -4.34. The molecule has 0 aliphatic carbocycles. The molecule has 0 aliphatic rings. The second kappa shape index (κ2) is 5.99. The maximum Gasteiger partial charge on any atom is 0.416 e. The molecule has 0 amide bonds. The van der Waals surface area contributed by atoms with Crippen LogP contribution in [0.2, 0.25) is 0 Å². The van der Waals surface area contributed by atoms with E-state index in [1.165, 1.54) is 30.0 Å². The number of benzene rings is 1. The quantitative estimate of drug-likeness (QED) is 0.853. The van der Waals surface area contributed by atoms with E-state index in [0.717, 1.165) is 33.2 Å². The minimum Gasteiger partial charge on any atom is -0.224 e. The Labute approximate surface area is 128 Å². The molecule has 0 atom stereocenters. The van der Waals surface area contributed by atoms with Crippen molar-refractivity contribution in [2.75, 3.05) is 0 Å².